The number of fused-ring (bicyclic) bond motifs is 1. The van der Waals surface area contributed by atoms with E-state index in [1.54, 1.807) is 14.2 Å². The Bertz CT molecular complexity index is 906. The molecule has 6 nitrogen and oxygen atoms in total. The van der Waals surface area contributed by atoms with Crippen molar-refractivity contribution in [3.63, 3.8) is 0 Å². The highest BCUT2D eigenvalue weighted by Gasteiger charge is 2.31. The van der Waals surface area contributed by atoms with Gasteiger partial charge >= 0.3 is 0 Å². The van der Waals surface area contributed by atoms with E-state index in [1.807, 2.05) is 30.6 Å². The molecule has 1 saturated heterocycles. The first-order valence-corrected chi connectivity index (χ1v) is 8.48. The summed E-state index contributed by atoms with van der Waals surface area (Å²) in [6.07, 6.45) is 5.82. The summed E-state index contributed by atoms with van der Waals surface area (Å²) in [5, 5.41) is 0. The van der Waals surface area contributed by atoms with Gasteiger partial charge in [0, 0.05) is 31.4 Å². The number of hydrogen-bond acceptors (Lipinski definition) is 5. The molecule has 1 fully saturated rings. The van der Waals surface area contributed by atoms with E-state index >= 15 is 0 Å². The van der Waals surface area contributed by atoms with Crippen molar-refractivity contribution in [1.82, 2.24) is 14.5 Å². The van der Waals surface area contributed by atoms with Crippen LogP contribution in [0.1, 0.15) is 24.4 Å². The topological polar surface area (TPSA) is 52.4 Å². The summed E-state index contributed by atoms with van der Waals surface area (Å²) in [6, 6.07) is 8.29. The van der Waals surface area contributed by atoms with Crippen molar-refractivity contribution in [2.45, 2.75) is 18.9 Å². The molecule has 0 radical (unpaired) electrons. The third-order valence-corrected chi connectivity index (χ3v) is 4.97. The van der Waals surface area contributed by atoms with Gasteiger partial charge in [0.25, 0.3) is 0 Å². The Balaban J connectivity index is 1.77. The van der Waals surface area contributed by atoms with Crippen LogP contribution in [-0.2, 0) is 7.05 Å². The van der Waals surface area contributed by atoms with Crippen LogP contribution < -0.4 is 14.4 Å². The number of benzene rings is 1. The van der Waals surface area contributed by atoms with Crippen LogP contribution in [0, 0.1) is 0 Å². The van der Waals surface area contributed by atoms with Gasteiger partial charge in [-0.25, -0.2) is 4.98 Å². The maximum absolute atomic E-state index is 5.63. The SMILES string of the molecule is COc1ccc(C2CCCN2c2nc3cnccc3n2C)c(OC)c1. The zero-order chi connectivity index (χ0) is 17.4. The Labute approximate surface area is 147 Å². The highest BCUT2D eigenvalue weighted by Crippen LogP contribution is 2.41. The summed E-state index contributed by atoms with van der Waals surface area (Å²) in [5.74, 6) is 2.64. The van der Waals surface area contributed by atoms with Crippen molar-refractivity contribution >= 4 is 17.0 Å². The van der Waals surface area contributed by atoms with Crippen LogP contribution >= 0.6 is 0 Å². The molecule has 0 bridgehead atoms. The highest BCUT2D eigenvalue weighted by molar-refractivity contribution is 5.77. The smallest absolute Gasteiger partial charge is 0.206 e. The average molecular weight is 338 g/mol. The molecule has 1 unspecified atom stereocenters. The van der Waals surface area contributed by atoms with Gasteiger partial charge in [0.1, 0.15) is 17.0 Å². The Morgan fingerprint density at radius 3 is 2.80 bits per heavy atom. The number of rotatable bonds is 4. The van der Waals surface area contributed by atoms with Gasteiger partial charge in [0.2, 0.25) is 5.95 Å². The number of ether oxygens (including phenoxy) is 2. The molecule has 3 heterocycles. The molecule has 1 aliphatic heterocycles. The van der Waals surface area contributed by atoms with E-state index in [0.29, 0.717) is 0 Å². The van der Waals surface area contributed by atoms with Crippen molar-refractivity contribution < 1.29 is 9.47 Å². The number of hydrogen-bond donors (Lipinski definition) is 0. The van der Waals surface area contributed by atoms with Gasteiger partial charge in [-0.05, 0) is 31.0 Å². The van der Waals surface area contributed by atoms with Crippen LogP contribution in [-0.4, -0.2) is 35.3 Å². The molecule has 6 heteroatoms. The first-order valence-electron chi connectivity index (χ1n) is 8.48. The normalized spacial score (nSPS) is 17.2. The monoisotopic (exact) mass is 338 g/mol. The van der Waals surface area contributed by atoms with Crippen LogP contribution in [0.25, 0.3) is 11.0 Å². The van der Waals surface area contributed by atoms with Crippen molar-refractivity contribution in [2.24, 2.45) is 7.05 Å². The lowest BCUT2D eigenvalue weighted by Crippen LogP contribution is -2.25. The number of imidazole rings is 1. The maximum atomic E-state index is 5.63. The fraction of sp³-hybridized carbons (Fsp3) is 0.368. The lowest BCUT2D eigenvalue weighted by molar-refractivity contribution is 0.388. The minimum absolute atomic E-state index is 0.240. The quantitative estimate of drug-likeness (QED) is 0.730. The van der Waals surface area contributed by atoms with Gasteiger partial charge in [-0.1, -0.05) is 0 Å². The fourth-order valence-corrected chi connectivity index (χ4v) is 3.72. The first-order chi connectivity index (χ1) is 12.2. The highest BCUT2D eigenvalue weighted by atomic mass is 16.5. The summed E-state index contributed by atoms with van der Waals surface area (Å²) in [7, 11) is 5.44. The molecule has 1 aromatic carbocycles. The molecule has 0 N–H and O–H groups in total. The largest absolute Gasteiger partial charge is 0.497 e. The van der Waals surface area contributed by atoms with Crippen LogP contribution in [0.5, 0.6) is 11.5 Å². The van der Waals surface area contributed by atoms with Crippen molar-refractivity contribution in [1.29, 1.82) is 0 Å². The van der Waals surface area contributed by atoms with Gasteiger partial charge in [-0.3, -0.25) is 4.98 Å². The Morgan fingerprint density at radius 2 is 2.04 bits per heavy atom. The molecular formula is C19H22N4O2. The third kappa shape index (κ3) is 2.58. The number of nitrogens with zero attached hydrogens (tertiary/aromatic N) is 4. The Hall–Kier alpha value is -2.76. The minimum Gasteiger partial charge on any atom is -0.497 e. The van der Waals surface area contributed by atoms with Crippen LogP contribution in [0.2, 0.25) is 0 Å². The second-order valence-corrected chi connectivity index (χ2v) is 6.29. The third-order valence-electron chi connectivity index (χ3n) is 4.97. The van der Waals surface area contributed by atoms with E-state index in [-0.39, 0.29) is 6.04 Å². The maximum Gasteiger partial charge on any atom is 0.206 e. The molecule has 0 amide bonds. The molecule has 1 atom stereocenters. The van der Waals surface area contributed by atoms with E-state index in [9.17, 15) is 0 Å². The van der Waals surface area contributed by atoms with Gasteiger partial charge < -0.3 is 18.9 Å². The van der Waals surface area contributed by atoms with E-state index in [1.165, 1.54) is 5.56 Å². The van der Waals surface area contributed by atoms with Crippen molar-refractivity contribution in [2.75, 3.05) is 25.7 Å². The summed E-state index contributed by atoms with van der Waals surface area (Å²) < 4.78 is 13.1. The Kier molecular flexibility index (Phi) is 3.95. The number of aryl methyl sites for hydroxylation is 1. The zero-order valence-electron chi connectivity index (χ0n) is 14.8. The molecule has 4 rings (SSSR count). The van der Waals surface area contributed by atoms with Gasteiger partial charge in [-0.15, -0.1) is 0 Å². The molecule has 0 aliphatic carbocycles. The van der Waals surface area contributed by atoms with Crippen LogP contribution in [0.4, 0.5) is 5.95 Å². The molecular weight excluding hydrogens is 316 g/mol. The second kappa shape index (κ2) is 6.27. The minimum atomic E-state index is 0.240. The van der Waals surface area contributed by atoms with Crippen molar-refractivity contribution in [3.8, 4) is 11.5 Å². The average Bonchev–Trinajstić information content (AvgIpc) is 3.26. The standard InChI is InChI=1S/C19H22N4O2/c1-22-17-8-9-20-12-15(17)21-19(22)23-10-4-5-16(23)14-7-6-13(24-2)11-18(14)25-3/h6-9,11-12,16H,4-5,10H2,1-3H3. The summed E-state index contributed by atoms with van der Waals surface area (Å²) in [6.45, 7) is 0.977. The first kappa shape index (κ1) is 15.7. The van der Waals surface area contributed by atoms with E-state index in [4.69, 9.17) is 14.5 Å². The van der Waals surface area contributed by atoms with E-state index in [2.05, 4.69) is 27.6 Å². The number of aromatic nitrogens is 3. The summed E-state index contributed by atoms with van der Waals surface area (Å²) >= 11 is 0. The van der Waals surface area contributed by atoms with Gasteiger partial charge in [-0.2, -0.15) is 0 Å². The van der Waals surface area contributed by atoms with Gasteiger partial charge in [0.15, 0.2) is 0 Å². The predicted molar refractivity (Wildman–Crippen MR) is 97.4 cm³/mol. The lowest BCUT2D eigenvalue weighted by atomic mass is 10.0. The summed E-state index contributed by atoms with van der Waals surface area (Å²) in [5.41, 5.74) is 3.19. The molecule has 2 aromatic heterocycles. The van der Waals surface area contributed by atoms with Crippen LogP contribution in [0.3, 0.4) is 0 Å². The zero-order valence-corrected chi connectivity index (χ0v) is 14.8. The fourth-order valence-electron chi connectivity index (χ4n) is 3.72. The molecule has 0 spiro atoms. The van der Waals surface area contributed by atoms with Crippen LogP contribution in [0.15, 0.2) is 36.7 Å². The lowest BCUT2D eigenvalue weighted by Gasteiger charge is -2.27. The summed E-state index contributed by atoms with van der Waals surface area (Å²) in [4.78, 5) is 11.4. The second-order valence-electron chi connectivity index (χ2n) is 6.29. The van der Waals surface area contributed by atoms with Crippen molar-refractivity contribution in [3.05, 3.63) is 42.2 Å². The molecule has 0 saturated carbocycles. The predicted octanol–water partition coefficient (Wildman–Crippen LogP) is 3.33. The Morgan fingerprint density at radius 1 is 1.16 bits per heavy atom. The molecule has 3 aromatic rings. The van der Waals surface area contributed by atoms with E-state index in [0.717, 1.165) is 47.9 Å². The molecule has 1 aliphatic rings. The van der Waals surface area contributed by atoms with Gasteiger partial charge in [0.05, 0.1) is 32.0 Å². The molecule has 25 heavy (non-hydrogen) atoms. The number of pyridine rings is 1. The number of anilines is 1. The molecule has 130 valence electrons. The van der Waals surface area contributed by atoms with E-state index < -0.39 is 0 Å². The number of methoxy groups -OCH3 is 2.